The second-order valence-electron chi connectivity index (χ2n) is 6.32. The van der Waals surface area contributed by atoms with E-state index >= 15 is 0 Å². The van der Waals surface area contributed by atoms with Crippen molar-refractivity contribution in [2.75, 3.05) is 0 Å². The van der Waals surface area contributed by atoms with Gasteiger partial charge in [-0.1, -0.05) is 36.4 Å². The molecule has 0 radical (unpaired) electrons. The van der Waals surface area contributed by atoms with Crippen LogP contribution in [0, 0.1) is 10.1 Å². The van der Waals surface area contributed by atoms with Crippen molar-refractivity contribution in [3.05, 3.63) is 82.9 Å². The molecule has 2 aromatic carbocycles. The average Bonchev–Trinajstić information content (AvgIpc) is 3.36. The molecule has 28 heavy (non-hydrogen) atoms. The summed E-state index contributed by atoms with van der Waals surface area (Å²) in [5.74, 6) is 0.611. The van der Waals surface area contributed by atoms with Gasteiger partial charge in [-0.05, 0) is 17.7 Å². The quantitative estimate of drug-likeness (QED) is 0.355. The molecule has 136 valence electrons. The van der Waals surface area contributed by atoms with E-state index in [4.69, 9.17) is 0 Å². The molecular formula is C19H13N7O2. The molecule has 3 aromatic heterocycles. The third-order valence-corrected chi connectivity index (χ3v) is 4.47. The standard InChI is InChI=1S/C19H13N7O2/c27-26(28)15-9-21-24(11-15)10-13-5-7-14(8-6-13)18-22-19-16-3-1-2-4-17(16)20-12-25(19)23-18/h1-9,11-12H,10H2. The van der Waals surface area contributed by atoms with Crippen LogP contribution >= 0.6 is 0 Å². The number of benzene rings is 2. The van der Waals surface area contributed by atoms with Gasteiger partial charge >= 0.3 is 5.69 Å². The Kier molecular flexibility index (Phi) is 3.58. The summed E-state index contributed by atoms with van der Waals surface area (Å²) in [5, 5.41) is 20.2. The second-order valence-corrected chi connectivity index (χ2v) is 6.32. The van der Waals surface area contributed by atoms with Gasteiger partial charge in [0.25, 0.3) is 0 Å². The van der Waals surface area contributed by atoms with E-state index in [2.05, 4.69) is 20.2 Å². The Hall–Kier alpha value is -4.14. The van der Waals surface area contributed by atoms with Crippen molar-refractivity contribution in [3.63, 3.8) is 0 Å². The van der Waals surface area contributed by atoms with Gasteiger partial charge < -0.3 is 0 Å². The van der Waals surface area contributed by atoms with Gasteiger partial charge in [-0.2, -0.15) is 5.10 Å². The van der Waals surface area contributed by atoms with E-state index in [1.54, 1.807) is 10.8 Å². The molecule has 5 aromatic rings. The summed E-state index contributed by atoms with van der Waals surface area (Å²) in [5.41, 5.74) is 3.46. The van der Waals surface area contributed by atoms with Gasteiger partial charge in [0.2, 0.25) is 0 Å². The molecule has 0 saturated carbocycles. The van der Waals surface area contributed by atoms with Crippen molar-refractivity contribution in [3.8, 4) is 11.4 Å². The molecule has 9 nitrogen and oxygen atoms in total. The lowest BCUT2D eigenvalue weighted by Crippen LogP contribution is -1.99. The fraction of sp³-hybridized carbons (Fsp3) is 0.0526. The number of aromatic nitrogens is 6. The lowest BCUT2D eigenvalue weighted by Gasteiger charge is -2.02. The number of fused-ring (bicyclic) bond motifs is 3. The highest BCUT2D eigenvalue weighted by atomic mass is 16.6. The summed E-state index contributed by atoms with van der Waals surface area (Å²) < 4.78 is 3.21. The largest absolute Gasteiger partial charge is 0.307 e. The third-order valence-electron chi connectivity index (χ3n) is 4.47. The predicted octanol–water partition coefficient (Wildman–Crippen LogP) is 3.10. The highest BCUT2D eigenvalue weighted by Crippen LogP contribution is 2.21. The van der Waals surface area contributed by atoms with Crippen LogP contribution in [0.1, 0.15) is 5.56 Å². The lowest BCUT2D eigenvalue weighted by molar-refractivity contribution is -0.385. The summed E-state index contributed by atoms with van der Waals surface area (Å²) in [6, 6.07) is 15.5. The first-order valence-electron chi connectivity index (χ1n) is 8.54. The lowest BCUT2D eigenvalue weighted by atomic mass is 10.1. The number of hydrogen-bond acceptors (Lipinski definition) is 6. The maximum Gasteiger partial charge on any atom is 0.307 e. The first kappa shape index (κ1) is 16.1. The van der Waals surface area contributed by atoms with Crippen molar-refractivity contribution < 1.29 is 4.92 Å². The van der Waals surface area contributed by atoms with Crippen LogP contribution in [0.3, 0.4) is 0 Å². The Morgan fingerprint density at radius 2 is 1.89 bits per heavy atom. The molecule has 0 aliphatic heterocycles. The third kappa shape index (κ3) is 2.75. The number of nitrogens with zero attached hydrogens (tertiary/aromatic N) is 7. The SMILES string of the molecule is O=[N+]([O-])c1cnn(Cc2ccc(-c3nc4c5ccccc5ncn4n3)cc2)c1. The maximum absolute atomic E-state index is 10.8. The fourth-order valence-electron chi connectivity index (χ4n) is 3.08. The van der Waals surface area contributed by atoms with Crippen molar-refractivity contribution >= 4 is 22.2 Å². The van der Waals surface area contributed by atoms with E-state index in [0.29, 0.717) is 12.4 Å². The average molecular weight is 371 g/mol. The van der Waals surface area contributed by atoms with E-state index in [0.717, 1.165) is 27.7 Å². The van der Waals surface area contributed by atoms with Gasteiger partial charge in [0.15, 0.2) is 11.5 Å². The summed E-state index contributed by atoms with van der Waals surface area (Å²) in [6.45, 7) is 0.446. The van der Waals surface area contributed by atoms with Gasteiger partial charge in [0, 0.05) is 10.9 Å². The number of nitro groups is 1. The summed E-state index contributed by atoms with van der Waals surface area (Å²) in [6.07, 6.45) is 4.32. The molecule has 0 aliphatic carbocycles. The van der Waals surface area contributed by atoms with Crippen LogP contribution in [0.2, 0.25) is 0 Å². The highest BCUT2D eigenvalue weighted by Gasteiger charge is 2.11. The molecule has 9 heteroatoms. The molecule has 0 aliphatic rings. The Balaban J connectivity index is 1.45. The first-order valence-corrected chi connectivity index (χ1v) is 8.54. The molecule has 0 spiro atoms. The van der Waals surface area contributed by atoms with Crippen molar-refractivity contribution in [1.82, 2.24) is 29.4 Å². The van der Waals surface area contributed by atoms with Gasteiger partial charge in [0.05, 0.1) is 17.0 Å². The maximum atomic E-state index is 10.8. The Labute approximate surface area is 158 Å². The Morgan fingerprint density at radius 3 is 2.68 bits per heavy atom. The van der Waals surface area contributed by atoms with Gasteiger partial charge in [-0.3, -0.25) is 14.8 Å². The van der Waals surface area contributed by atoms with Crippen LogP contribution < -0.4 is 0 Å². The monoisotopic (exact) mass is 371 g/mol. The van der Waals surface area contributed by atoms with Gasteiger partial charge in [-0.25, -0.2) is 14.5 Å². The second kappa shape index (κ2) is 6.23. The van der Waals surface area contributed by atoms with E-state index < -0.39 is 4.92 Å². The molecule has 0 N–H and O–H groups in total. The Morgan fingerprint density at radius 1 is 1.07 bits per heavy atom. The van der Waals surface area contributed by atoms with E-state index in [1.165, 1.54) is 17.1 Å². The van der Waals surface area contributed by atoms with Crippen LogP contribution in [0.4, 0.5) is 5.69 Å². The minimum atomic E-state index is -0.458. The van der Waals surface area contributed by atoms with Crippen molar-refractivity contribution in [2.45, 2.75) is 6.54 Å². The van der Waals surface area contributed by atoms with E-state index in [1.807, 2.05) is 48.5 Å². The molecule has 0 bridgehead atoms. The minimum absolute atomic E-state index is 0.0219. The zero-order valence-corrected chi connectivity index (χ0v) is 14.5. The van der Waals surface area contributed by atoms with Crippen LogP contribution in [-0.2, 0) is 6.54 Å². The summed E-state index contributed by atoms with van der Waals surface area (Å²) in [4.78, 5) is 19.4. The number of rotatable bonds is 4. The van der Waals surface area contributed by atoms with E-state index in [-0.39, 0.29) is 5.69 Å². The zero-order valence-electron chi connectivity index (χ0n) is 14.5. The summed E-state index contributed by atoms with van der Waals surface area (Å²) >= 11 is 0. The molecular weight excluding hydrogens is 358 g/mol. The molecule has 0 amide bonds. The molecule has 3 heterocycles. The first-order chi connectivity index (χ1) is 13.7. The Bertz CT molecular complexity index is 1320. The van der Waals surface area contributed by atoms with Crippen molar-refractivity contribution in [2.24, 2.45) is 0 Å². The van der Waals surface area contributed by atoms with Gasteiger partial charge in [-0.15, -0.1) is 5.10 Å². The van der Waals surface area contributed by atoms with Crippen LogP contribution in [0.15, 0.2) is 67.3 Å². The van der Waals surface area contributed by atoms with Crippen LogP contribution in [-0.4, -0.2) is 34.3 Å². The molecule has 0 fully saturated rings. The van der Waals surface area contributed by atoms with Crippen LogP contribution in [0.5, 0.6) is 0 Å². The van der Waals surface area contributed by atoms with Crippen molar-refractivity contribution in [1.29, 1.82) is 0 Å². The molecule has 5 rings (SSSR count). The smallest absolute Gasteiger partial charge is 0.261 e. The molecule has 0 atom stereocenters. The number of hydrogen-bond donors (Lipinski definition) is 0. The number of para-hydroxylation sites is 1. The fourth-order valence-corrected chi connectivity index (χ4v) is 3.08. The normalized spacial score (nSPS) is 11.3. The zero-order chi connectivity index (χ0) is 19.1. The predicted molar refractivity (Wildman–Crippen MR) is 102 cm³/mol. The van der Waals surface area contributed by atoms with E-state index in [9.17, 15) is 10.1 Å². The minimum Gasteiger partial charge on any atom is -0.261 e. The summed E-state index contributed by atoms with van der Waals surface area (Å²) in [7, 11) is 0. The van der Waals surface area contributed by atoms with Crippen LogP contribution in [0.25, 0.3) is 27.9 Å². The molecule has 0 saturated heterocycles. The highest BCUT2D eigenvalue weighted by molar-refractivity contribution is 5.91. The van der Waals surface area contributed by atoms with Gasteiger partial charge in [0.1, 0.15) is 18.7 Å². The topological polar surface area (TPSA) is 104 Å². The molecule has 0 unspecified atom stereocenters.